The van der Waals surface area contributed by atoms with Gasteiger partial charge in [0.1, 0.15) is 11.6 Å². The van der Waals surface area contributed by atoms with Crippen LogP contribution in [-0.4, -0.2) is 41.4 Å². The first-order chi connectivity index (χ1) is 17.3. The second-order valence-electron chi connectivity index (χ2n) is 8.83. The number of halogens is 3. The van der Waals surface area contributed by atoms with Gasteiger partial charge in [-0.05, 0) is 77.9 Å². The van der Waals surface area contributed by atoms with E-state index in [9.17, 15) is 18.0 Å². The molecular formula is C26H25F3N4O2S. The molecule has 10 heteroatoms. The van der Waals surface area contributed by atoms with E-state index in [-0.39, 0.29) is 11.9 Å². The fraction of sp³-hybridized carbons (Fsp3) is 0.308. The Morgan fingerprint density at radius 2 is 1.83 bits per heavy atom. The van der Waals surface area contributed by atoms with Crippen molar-refractivity contribution in [1.29, 1.82) is 0 Å². The highest BCUT2D eigenvalue weighted by molar-refractivity contribution is 7.97. The second kappa shape index (κ2) is 10.0. The number of fused-ring (bicyclic) bond motifs is 1. The van der Waals surface area contributed by atoms with Crippen LogP contribution in [-0.2, 0) is 17.4 Å². The average Bonchev–Trinajstić information content (AvgIpc) is 3.25. The van der Waals surface area contributed by atoms with Crippen LogP contribution in [0.4, 0.5) is 24.7 Å². The summed E-state index contributed by atoms with van der Waals surface area (Å²) in [5.74, 6) is 1.10. The van der Waals surface area contributed by atoms with E-state index in [2.05, 4.69) is 44.2 Å². The third-order valence-corrected chi connectivity index (χ3v) is 7.44. The molecule has 0 aliphatic carbocycles. The molecule has 3 aromatic rings. The summed E-state index contributed by atoms with van der Waals surface area (Å²) in [4.78, 5) is 16.8. The number of carbonyl (C=O) groups is 1. The maximum atomic E-state index is 12.7. The third-order valence-electron chi connectivity index (χ3n) is 6.34. The van der Waals surface area contributed by atoms with E-state index < -0.39 is 11.7 Å². The number of aromatic nitrogens is 1. The van der Waals surface area contributed by atoms with Crippen LogP contribution in [0.1, 0.15) is 24.0 Å². The van der Waals surface area contributed by atoms with Crippen molar-refractivity contribution in [2.24, 2.45) is 0 Å². The normalized spacial score (nSPS) is 16.5. The number of carbonyl (C=O) groups excluding carboxylic acids is 1. The molecule has 0 unspecified atom stereocenters. The van der Waals surface area contributed by atoms with Crippen molar-refractivity contribution < 1.29 is 22.7 Å². The molecular weight excluding hydrogens is 489 g/mol. The first-order valence-electron chi connectivity index (χ1n) is 11.6. The Morgan fingerprint density at radius 1 is 1.08 bits per heavy atom. The smallest absolute Gasteiger partial charge is 0.417 e. The highest BCUT2D eigenvalue weighted by Crippen LogP contribution is 2.38. The van der Waals surface area contributed by atoms with Gasteiger partial charge in [-0.25, -0.2) is 9.29 Å². The Kier molecular flexibility index (Phi) is 6.81. The Bertz CT molecular complexity index is 1240. The molecule has 36 heavy (non-hydrogen) atoms. The van der Waals surface area contributed by atoms with Gasteiger partial charge >= 0.3 is 6.18 Å². The Labute approximate surface area is 211 Å². The highest BCUT2D eigenvalue weighted by atomic mass is 32.2. The molecule has 6 nitrogen and oxygen atoms in total. The Morgan fingerprint density at radius 3 is 2.47 bits per heavy atom. The Balaban J connectivity index is 1.16. The fourth-order valence-corrected chi connectivity index (χ4v) is 5.39. The molecule has 5 rings (SSSR count). The average molecular weight is 515 g/mol. The summed E-state index contributed by atoms with van der Waals surface area (Å²) in [6, 6.07) is 14.9. The van der Waals surface area contributed by atoms with Crippen LogP contribution in [0.3, 0.4) is 0 Å². The SMILES string of the molecule is COc1cc(-c2ccc(SN3CCC(Nc4ccc(C(F)(F)F)cn4)CC3)cc2)cc2c1NC(=O)C2. The molecule has 0 atom stereocenters. The second-order valence-corrected chi connectivity index (χ2v) is 10.0. The number of hydrogen-bond acceptors (Lipinski definition) is 6. The number of methoxy groups -OCH3 is 1. The fourth-order valence-electron chi connectivity index (χ4n) is 4.44. The number of rotatable bonds is 6. The number of benzene rings is 2. The van der Waals surface area contributed by atoms with E-state index in [4.69, 9.17) is 4.74 Å². The van der Waals surface area contributed by atoms with Crippen molar-refractivity contribution >= 4 is 29.4 Å². The summed E-state index contributed by atoms with van der Waals surface area (Å²) in [6.45, 7) is 1.71. The van der Waals surface area contributed by atoms with Crippen molar-refractivity contribution in [2.75, 3.05) is 30.8 Å². The predicted molar refractivity (Wildman–Crippen MR) is 134 cm³/mol. The molecule has 2 aromatic carbocycles. The summed E-state index contributed by atoms with van der Waals surface area (Å²) in [6.07, 6.45) is -1.41. The molecule has 2 N–H and O–H groups in total. The number of ether oxygens (including phenoxy) is 1. The molecule has 1 fully saturated rings. The van der Waals surface area contributed by atoms with Gasteiger partial charge < -0.3 is 15.4 Å². The molecule has 1 amide bonds. The number of pyridine rings is 1. The predicted octanol–water partition coefficient (Wildman–Crippen LogP) is 5.85. The van der Waals surface area contributed by atoms with Gasteiger partial charge in [-0.3, -0.25) is 4.79 Å². The molecule has 0 bridgehead atoms. The summed E-state index contributed by atoms with van der Waals surface area (Å²) < 4.78 is 45.9. The lowest BCUT2D eigenvalue weighted by atomic mass is 10.0. The first kappa shape index (κ1) is 24.5. The molecule has 3 heterocycles. The van der Waals surface area contributed by atoms with Crippen LogP contribution in [0.2, 0.25) is 0 Å². The number of hydrogen-bond donors (Lipinski definition) is 2. The quantitative estimate of drug-likeness (QED) is 0.402. The largest absolute Gasteiger partial charge is 0.495 e. The minimum Gasteiger partial charge on any atom is -0.495 e. The zero-order chi connectivity index (χ0) is 25.3. The van der Waals surface area contributed by atoms with E-state index in [1.807, 2.05) is 12.1 Å². The zero-order valence-corrected chi connectivity index (χ0v) is 20.4. The van der Waals surface area contributed by atoms with Crippen molar-refractivity contribution in [3.63, 3.8) is 0 Å². The van der Waals surface area contributed by atoms with Crippen LogP contribution < -0.4 is 15.4 Å². The Hall–Kier alpha value is -3.24. The number of piperidine rings is 1. The molecule has 0 saturated carbocycles. The third kappa shape index (κ3) is 5.44. The van der Waals surface area contributed by atoms with Crippen molar-refractivity contribution in [1.82, 2.24) is 9.29 Å². The van der Waals surface area contributed by atoms with Crippen LogP contribution in [0.25, 0.3) is 11.1 Å². The number of anilines is 2. The van der Waals surface area contributed by atoms with Gasteiger partial charge in [0.25, 0.3) is 0 Å². The van der Waals surface area contributed by atoms with E-state index in [1.165, 1.54) is 6.07 Å². The monoisotopic (exact) mass is 514 g/mol. The maximum Gasteiger partial charge on any atom is 0.417 e. The number of alkyl halides is 3. The maximum absolute atomic E-state index is 12.7. The molecule has 1 saturated heterocycles. The summed E-state index contributed by atoms with van der Waals surface area (Å²) in [5, 5.41) is 6.10. The number of nitrogens with one attached hydrogen (secondary N) is 2. The van der Waals surface area contributed by atoms with Crippen LogP contribution in [0, 0.1) is 0 Å². The van der Waals surface area contributed by atoms with Crippen molar-refractivity contribution in [2.45, 2.75) is 36.4 Å². The van der Waals surface area contributed by atoms with Gasteiger partial charge in [-0.1, -0.05) is 12.1 Å². The van der Waals surface area contributed by atoms with E-state index in [0.29, 0.717) is 18.0 Å². The highest BCUT2D eigenvalue weighted by Gasteiger charge is 2.31. The summed E-state index contributed by atoms with van der Waals surface area (Å²) in [7, 11) is 1.60. The van der Waals surface area contributed by atoms with Crippen LogP contribution >= 0.6 is 11.9 Å². The minimum atomic E-state index is -4.38. The lowest BCUT2D eigenvalue weighted by Gasteiger charge is -2.31. The lowest BCUT2D eigenvalue weighted by molar-refractivity contribution is -0.137. The number of nitrogens with zero attached hydrogens (tertiary/aromatic N) is 2. The van der Waals surface area contributed by atoms with Gasteiger partial charge in [0.05, 0.1) is 24.8 Å². The van der Waals surface area contributed by atoms with Crippen molar-refractivity contribution in [3.05, 3.63) is 65.9 Å². The van der Waals surface area contributed by atoms with E-state index >= 15 is 0 Å². The zero-order valence-electron chi connectivity index (χ0n) is 19.6. The molecule has 0 radical (unpaired) electrons. The minimum absolute atomic E-state index is 0.0261. The molecule has 1 aromatic heterocycles. The van der Waals surface area contributed by atoms with Crippen molar-refractivity contribution in [3.8, 4) is 16.9 Å². The molecule has 0 spiro atoms. The van der Waals surface area contributed by atoms with Crippen LogP contribution in [0.15, 0.2) is 59.6 Å². The van der Waals surface area contributed by atoms with Gasteiger partial charge in [0.15, 0.2) is 0 Å². The van der Waals surface area contributed by atoms with Gasteiger partial charge in [0.2, 0.25) is 5.91 Å². The molecule has 188 valence electrons. The topological polar surface area (TPSA) is 66.5 Å². The van der Waals surface area contributed by atoms with E-state index in [0.717, 1.165) is 65.5 Å². The van der Waals surface area contributed by atoms with Gasteiger partial charge in [0, 0.05) is 30.2 Å². The molecule has 2 aliphatic rings. The van der Waals surface area contributed by atoms with E-state index in [1.54, 1.807) is 19.1 Å². The molecule has 2 aliphatic heterocycles. The van der Waals surface area contributed by atoms with Gasteiger partial charge in [-0.2, -0.15) is 13.2 Å². The summed E-state index contributed by atoms with van der Waals surface area (Å²) >= 11 is 1.70. The lowest BCUT2D eigenvalue weighted by Crippen LogP contribution is -2.35. The number of amides is 1. The summed E-state index contributed by atoms with van der Waals surface area (Å²) in [5.41, 5.74) is 3.00. The standard InChI is InChI=1S/C26H25F3N4O2S/c1-35-22-13-17(12-18-14-24(34)32-25(18)22)16-2-5-21(6-3-16)36-33-10-8-20(9-11-33)31-23-7-4-19(15-30-23)26(27,28)29/h2-7,12-13,15,20H,8-11,14H2,1H3,(H,30,31)(H,32,34). The first-order valence-corrected chi connectivity index (χ1v) is 12.4. The van der Waals surface area contributed by atoms with Crippen LogP contribution in [0.5, 0.6) is 5.75 Å². The van der Waals surface area contributed by atoms with Gasteiger partial charge in [-0.15, -0.1) is 0 Å².